The number of rotatable bonds is 58. The molecule has 0 atom stereocenters. The molecule has 89 heavy (non-hydrogen) atoms. The first kappa shape index (κ1) is 84.5. The number of carbonyl (C=O) groups is 3. The Morgan fingerprint density at radius 1 is 0.348 bits per heavy atom. The molecule has 0 bridgehead atoms. The van der Waals surface area contributed by atoms with Crippen molar-refractivity contribution in [1.82, 2.24) is 10.6 Å². The Morgan fingerprint density at radius 3 is 0.921 bits per heavy atom. The van der Waals surface area contributed by atoms with Crippen molar-refractivity contribution in [3.8, 4) is 17.2 Å². The largest absolute Gasteiger partial charge is 0.490 e. The van der Waals surface area contributed by atoms with Crippen LogP contribution in [0, 0.1) is 0 Å². The van der Waals surface area contributed by atoms with E-state index in [4.69, 9.17) is 38.0 Å². The number of carbonyl (C=O) groups excluding carboxylic acids is 3. The molecule has 0 saturated heterocycles. The third-order valence-corrected chi connectivity index (χ3v) is 37.8. The van der Waals surface area contributed by atoms with Gasteiger partial charge in [-0.25, -0.2) is 0 Å². The molecular weight excluding hydrogens is 1160 g/mol. The quantitative estimate of drug-likeness (QED) is 0.0323. The Morgan fingerprint density at radius 2 is 0.618 bits per heavy atom. The fraction of sp³-hybridized carbons (Fsp3) is 0.877. The number of hydrogen-bond acceptors (Lipinski definition) is 11. The van der Waals surface area contributed by atoms with E-state index in [1.165, 1.54) is 103 Å². The molecule has 0 aliphatic rings. The van der Waals surface area contributed by atoms with E-state index in [9.17, 15) is 14.4 Å². The first-order chi connectivity index (χ1) is 42.4. The lowest BCUT2D eigenvalue weighted by atomic mass is 10.1. The maximum absolute atomic E-state index is 13.0. The van der Waals surface area contributed by atoms with Crippen LogP contribution in [-0.2, 0) is 39.0 Å². The van der Waals surface area contributed by atoms with Gasteiger partial charge in [0.2, 0.25) is 17.6 Å². The maximum atomic E-state index is 13.0. The Balaban J connectivity index is 3.01. The van der Waals surface area contributed by atoms with Gasteiger partial charge in [0.25, 0.3) is 0 Å². The monoisotopic (exact) mass is 1310 g/mol. The van der Waals surface area contributed by atoms with Crippen molar-refractivity contribution in [3.63, 3.8) is 0 Å². The van der Waals surface area contributed by atoms with Gasteiger partial charge in [0.1, 0.15) is 13.2 Å². The number of nitrogens with one attached hydrogen (secondary N) is 2. The number of unbranched alkanes of at least 4 members (excludes halogenated alkanes) is 24. The van der Waals surface area contributed by atoms with E-state index in [2.05, 4.69) is 135 Å². The molecule has 4 N–H and O–H groups in total. The van der Waals surface area contributed by atoms with Crippen molar-refractivity contribution in [3.05, 3.63) is 17.7 Å². The standard InChI is InChI=1S/C73H143N3O10Si3/c1-58(2)87(59(3)4,60(5)6)84-51-43-37-31-25-19-22-28-34-40-48-80-68-47-46-67(57-83-71(79)56-76-70(78)55-75-69(77)54-74)72(81-49-41-35-29-23-20-26-32-38-44-52-85-88(61(7)8,62(9)10)63(11)12)73(68)82-50-42-36-30-24-21-27-33-39-45-53-86-89(64(13)14,65(15)16)66(17)18/h46-47,58-66H,19-45,48-57,74H2,1-18H3,(H,75,77)(H,76,78). The predicted molar refractivity (Wildman–Crippen MR) is 383 cm³/mol. The van der Waals surface area contributed by atoms with Crippen LogP contribution in [0.4, 0.5) is 0 Å². The van der Waals surface area contributed by atoms with Gasteiger partial charge in [-0.05, 0) is 101 Å². The van der Waals surface area contributed by atoms with Gasteiger partial charge >= 0.3 is 5.97 Å². The molecule has 13 nitrogen and oxygen atoms in total. The molecule has 1 rings (SSSR count). The van der Waals surface area contributed by atoms with Gasteiger partial charge in [-0.3, -0.25) is 14.4 Å². The smallest absolute Gasteiger partial charge is 0.325 e. The molecule has 1 aromatic rings. The lowest BCUT2D eigenvalue weighted by molar-refractivity contribution is -0.145. The fourth-order valence-electron chi connectivity index (χ4n) is 14.9. The number of esters is 1. The normalized spacial score (nSPS) is 12.6. The molecule has 522 valence electrons. The Kier molecular flexibility index (Phi) is 46.7. The van der Waals surface area contributed by atoms with E-state index in [0.29, 0.717) is 92.5 Å². The van der Waals surface area contributed by atoms with Gasteiger partial charge in [0.05, 0.1) is 32.9 Å². The van der Waals surface area contributed by atoms with Crippen LogP contribution in [0.15, 0.2) is 12.1 Å². The fourth-order valence-corrected chi connectivity index (χ4v) is 31.4. The molecule has 0 fully saturated rings. The van der Waals surface area contributed by atoms with Crippen molar-refractivity contribution >= 4 is 42.7 Å². The summed E-state index contributed by atoms with van der Waals surface area (Å²) in [7, 11) is -5.39. The summed E-state index contributed by atoms with van der Waals surface area (Å²) >= 11 is 0. The number of amides is 2. The Bertz CT molecular complexity index is 1900. The van der Waals surface area contributed by atoms with E-state index >= 15 is 0 Å². The summed E-state index contributed by atoms with van der Waals surface area (Å²) in [5.41, 5.74) is 11.7. The number of nitrogens with two attached hydrogens (primary N) is 1. The zero-order chi connectivity index (χ0) is 66.7. The molecule has 16 heteroatoms. The van der Waals surface area contributed by atoms with Gasteiger partial charge < -0.3 is 48.6 Å². The predicted octanol–water partition coefficient (Wildman–Crippen LogP) is 20.2. The zero-order valence-corrected chi connectivity index (χ0v) is 64.2. The van der Waals surface area contributed by atoms with E-state index in [1.807, 2.05) is 12.1 Å². The molecular formula is C73H143N3O10Si3. The summed E-state index contributed by atoms with van der Waals surface area (Å²) in [6.07, 6.45) is 31.6. The van der Waals surface area contributed by atoms with Gasteiger partial charge in [0.15, 0.2) is 36.5 Å². The maximum Gasteiger partial charge on any atom is 0.325 e. The summed E-state index contributed by atoms with van der Waals surface area (Å²) < 4.78 is 46.1. The van der Waals surface area contributed by atoms with E-state index in [-0.39, 0.29) is 26.2 Å². The molecule has 0 aliphatic heterocycles. The molecule has 0 saturated carbocycles. The lowest BCUT2D eigenvalue weighted by Gasteiger charge is -2.42. The average Bonchev–Trinajstić information content (AvgIpc) is 1.33. The van der Waals surface area contributed by atoms with Crippen LogP contribution >= 0.6 is 0 Å². The van der Waals surface area contributed by atoms with Crippen LogP contribution in [0.2, 0.25) is 49.9 Å². The first-order valence-corrected chi connectivity index (χ1v) is 43.2. The second-order valence-corrected chi connectivity index (χ2v) is 45.3. The highest BCUT2D eigenvalue weighted by Gasteiger charge is 2.47. The summed E-state index contributed by atoms with van der Waals surface area (Å²) in [5, 5.41) is 4.94. The molecule has 2 amide bonds. The second kappa shape index (κ2) is 49.1. The van der Waals surface area contributed by atoms with Gasteiger partial charge in [0, 0.05) is 25.4 Å². The summed E-state index contributed by atoms with van der Waals surface area (Å²) in [5.74, 6) is 0.178. The molecule has 0 aliphatic carbocycles. The van der Waals surface area contributed by atoms with Crippen LogP contribution in [-0.4, -0.2) is 102 Å². The highest BCUT2D eigenvalue weighted by Crippen LogP contribution is 2.45. The molecule has 0 unspecified atom stereocenters. The van der Waals surface area contributed by atoms with Crippen LogP contribution in [0.1, 0.15) is 304 Å². The summed E-state index contributed by atoms with van der Waals surface area (Å²) in [6.45, 7) is 46.0. The van der Waals surface area contributed by atoms with Crippen molar-refractivity contribution in [2.45, 2.75) is 354 Å². The van der Waals surface area contributed by atoms with Crippen molar-refractivity contribution in [1.29, 1.82) is 0 Å². The van der Waals surface area contributed by atoms with E-state index < -0.39 is 42.7 Å². The van der Waals surface area contributed by atoms with Gasteiger partial charge in [-0.1, -0.05) is 259 Å². The van der Waals surface area contributed by atoms with E-state index in [1.54, 1.807) is 0 Å². The third-order valence-electron chi connectivity index (χ3n) is 19.4. The van der Waals surface area contributed by atoms with Crippen molar-refractivity contribution in [2.75, 3.05) is 59.3 Å². The SMILES string of the molecule is CC(C)[Si](OCCCCCCCCCCCOc1ccc(COC(=O)CNC(=O)CNC(=O)CN)c(OCCCCCCCCCCCO[Si](C(C)C)(C(C)C)C(C)C)c1OCCCCCCCCCCCO[Si](C(C)C)(C(C)C)C(C)C)(C(C)C)C(C)C. The van der Waals surface area contributed by atoms with E-state index in [0.717, 1.165) is 90.4 Å². The minimum Gasteiger partial charge on any atom is -0.490 e. The highest BCUT2D eigenvalue weighted by atomic mass is 28.4. The number of ether oxygens (including phenoxy) is 4. The van der Waals surface area contributed by atoms with Gasteiger partial charge in [-0.15, -0.1) is 0 Å². The van der Waals surface area contributed by atoms with Crippen LogP contribution in [0.25, 0.3) is 0 Å². The topological polar surface area (TPSA) is 166 Å². The first-order valence-electron chi connectivity index (χ1n) is 36.7. The average molecular weight is 1310 g/mol. The zero-order valence-electron chi connectivity index (χ0n) is 61.2. The summed E-state index contributed by atoms with van der Waals surface area (Å²) in [4.78, 5) is 36.9. The number of benzene rings is 1. The van der Waals surface area contributed by atoms with Crippen LogP contribution in [0.5, 0.6) is 17.2 Å². The molecule has 0 spiro atoms. The van der Waals surface area contributed by atoms with Crippen molar-refractivity contribution < 1.29 is 46.6 Å². The molecule has 0 heterocycles. The third kappa shape index (κ3) is 32.0. The minimum absolute atomic E-state index is 0.0690. The Hall–Kier alpha value is -2.48. The lowest BCUT2D eigenvalue weighted by Crippen LogP contribution is -2.47. The molecule has 0 radical (unpaired) electrons. The summed E-state index contributed by atoms with van der Waals surface area (Å²) in [6, 6.07) is 3.83. The minimum atomic E-state index is -1.80. The van der Waals surface area contributed by atoms with Crippen LogP contribution in [0.3, 0.4) is 0 Å². The van der Waals surface area contributed by atoms with Gasteiger partial charge in [-0.2, -0.15) is 0 Å². The van der Waals surface area contributed by atoms with Crippen molar-refractivity contribution in [2.24, 2.45) is 5.73 Å². The highest BCUT2D eigenvalue weighted by molar-refractivity contribution is 6.78. The molecule has 1 aromatic carbocycles. The van der Waals surface area contributed by atoms with Crippen LogP contribution < -0.4 is 30.6 Å². The number of hydrogen-bond donors (Lipinski definition) is 3. The second-order valence-electron chi connectivity index (χ2n) is 28.9. The molecule has 0 aromatic heterocycles. The Labute approximate surface area is 551 Å².